The van der Waals surface area contributed by atoms with Gasteiger partial charge in [-0.1, -0.05) is 0 Å². The standard InChI is InChI=1S/C17H26FN3O4S.2ClH/c1-26(23,24)14-2-3-16(15(18)10-14)21-7-5-20(6-8-21)12-17(22)11-19-4-9-25-13-17;;/h2-3,10,19,22H,4-9,11-13H2,1H3;2*1H. The van der Waals surface area contributed by atoms with E-state index in [1.807, 2.05) is 4.90 Å². The third-order valence-electron chi connectivity index (χ3n) is 4.83. The maximum Gasteiger partial charge on any atom is 0.175 e. The number of piperazine rings is 1. The molecule has 2 N–H and O–H groups in total. The number of β-amino-alcohol motifs (C(OH)–C–C–N with tert-alkyl or cyclic N) is 1. The van der Waals surface area contributed by atoms with Crippen molar-refractivity contribution in [3.8, 4) is 0 Å². The first-order valence-corrected chi connectivity index (χ1v) is 10.6. The number of sulfone groups is 1. The predicted molar refractivity (Wildman–Crippen MR) is 111 cm³/mol. The van der Waals surface area contributed by atoms with Gasteiger partial charge in [-0.15, -0.1) is 24.8 Å². The number of rotatable bonds is 4. The van der Waals surface area contributed by atoms with E-state index in [0.717, 1.165) is 18.9 Å². The lowest BCUT2D eigenvalue weighted by molar-refractivity contribution is -0.0495. The number of benzene rings is 1. The Labute approximate surface area is 178 Å². The molecule has 2 fully saturated rings. The highest BCUT2D eigenvalue weighted by Crippen LogP contribution is 2.24. The summed E-state index contributed by atoms with van der Waals surface area (Å²) in [6.45, 7) is 5.24. The van der Waals surface area contributed by atoms with Crippen molar-refractivity contribution in [1.29, 1.82) is 0 Å². The summed E-state index contributed by atoms with van der Waals surface area (Å²) in [6.07, 6.45) is 1.07. The zero-order chi connectivity index (χ0) is 18.8. The van der Waals surface area contributed by atoms with Gasteiger partial charge in [0.25, 0.3) is 0 Å². The number of nitrogens with one attached hydrogen (secondary N) is 1. The molecule has 1 aromatic rings. The normalized spacial score (nSPS) is 24.0. The molecule has 2 aliphatic heterocycles. The fourth-order valence-electron chi connectivity index (χ4n) is 3.42. The molecule has 0 amide bonds. The van der Waals surface area contributed by atoms with Crippen LogP contribution in [0.15, 0.2) is 23.1 Å². The van der Waals surface area contributed by atoms with Crippen LogP contribution in [0.3, 0.4) is 0 Å². The van der Waals surface area contributed by atoms with Crippen molar-refractivity contribution in [3.05, 3.63) is 24.0 Å². The van der Waals surface area contributed by atoms with E-state index < -0.39 is 21.3 Å². The molecule has 0 bridgehead atoms. The van der Waals surface area contributed by atoms with Gasteiger partial charge in [-0.05, 0) is 18.2 Å². The fraction of sp³-hybridized carbons (Fsp3) is 0.647. The van der Waals surface area contributed by atoms with E-state index in [0.29, 0.717) is 58.2 Å². The molecule has 0 saturated carbocycles. The lowest BCUT2D eigenvalue weighted by Gasteiger charge is -2.39. The Morgan fingerprint density at radius 1 is 1.25 bits per heavy atom. The molecule has 0 radical (unpaired) electrons. The summed E-state index contributed by atoms with van der Waals surface area (Å²) >= 11 is 0. The van der Waals surface area contributed by atoms with Crippen LogP contribution in [0, 0.1) is 5.82 Å². The number of ether oxygens (including phenoxy) is 1. The van der Waals surface area contributed by atoms with Crippen molar-refractivity contribution in [2.45, 2.75) is 10.5 Å². The van der Waals surface area contributed by atoms with Crippen LogP contribution in [0.25, 0.3) is 0 Å². The molecule has 11 heteroatoms. The van der Waals surface area contributed by atoms with Gasteiger partial charge in [-0.25, -0.2) is 12.8 Å². The first-order chi connectivity index (χ1) is 12.3. The molecule has 2 aliphatic rings. The lowest BCUT2D eigenvalue weighted by Crippen LogP contribution is -2.56. The van der Waals surface area contributed by atoms with Crippen LogP contribution in [0.5, 0.6) is 0 Å². The third-order valence-corrected chi connectivity index (χ3v) is 5.94. The molecule has 2 heterocycles. The minimum absolute atomic E-state index is 0. The zero-order valence-corrected chi connectivity index (χ0v) is 18.2. The average molecular weight is 460 g/mol. The van der Waals surface area contributed by atoms with Crippen molar-refractivity contribution in [2.24, 2.45) is 0 Å². The highest BCUT2D eigenvalue weighted by Gasteiger charge is 2.32. The van der Waals surface area contributed by atoms with E-state index in [1.165, 1.54) is 12.1 Å². The topological polar surface area (TPSA) is 82.1 Å². The van der Waals surface area contributed by atoms with E-state index in [-0.39, 0.29) is 29.7 Å². The number of hydrogen-bond donors (Lipinski definition) is 2. The van der Waals surface area contributed by atoms with E-state index in [9.17, 15) is 17.9 Å². The Hall–Kier alpha value is -0.680. The lowest BCUT2D eigenvalue weighted by atomic mass is 10.0. The van der Waals surface area contributed by atoms with Crippen LogP contribution in [0.1, 0.15) is 0 Å². The molecule has 0 spiro atoms. The Bertz CT molecular complexity index is 738. The fourth-order valence-corrected chi connectivity index (χ4v) is 4.05. The van der Waals surface area contributed by atoms with Gasteiger partial charge < -0.3 is 20.1 Å². The Balaban J connectivity index is 0.00000196. The van der Waals surface area contributed by atoms with Crippen molar-refractivity contribution in [3.63, 3.8) is 0 Å². The van der Waals surface area contributed by atoms with Gasteiger partial charge in [0.15, 0.2) is 9.84 Å². The molecule has 1 unspecified atom stereocenters. The van der Waals surface area contributed by atoms with Gasteiger partial charge in [-0.3, -0.25) is 4.90 Å². The molecule has 3 rings (SSSR count). The van der Waals surface area contributed by atoms with Gasteiger partial charge >= 0.3 is 0 Å². The van der Waals surface area contributed by atoms with Gasteiger partial charge in [0.05, 0.1) is 23.8 Å². The zero-order valence-electron chi connectivity index (χ0n) is 15.8. The quantitative estimate of drug-likeness (QED) is 0.679. The summed E-state index contributed by atoms with van der Waals surface area (Å²) in [4.78, 5) is 4.04. The van der Waals surface area contributed by atoms with E-state index in [2.05, 4.69) is 10.2 Å². The summed E-state index contributed by atoms with van der Waals surface area (Å²) in [6, 6.07) is 4.05. The Morgan fingerprint density at radius 3 is 2.54 bits per heavy atom. The van der Waals surface area contributed by atoms with Crippen molar-refractivity contribution >= 4 is 40.3 Å². The molecule has 7 nitrogen and oxygen atoms in total. The summed E-state index contributed by atoms with van der Waals surface area (Å²) in [5.41, 5.74) is -0.503. The first-order valence-electron chi connectivity index (χ1n) is 8.75. The smallest absolute Gasteiger partial charge is 0.175 e. The van der Waals surface area contributed by atoms with E-state index in [1.54, 1.807) is 0 Å². The number of nitrogens with zero attached hydrogens (tertiary/aromatic N) is 2. The molecule has 1 aromatic carbocycles. The minimum Gasteiger partial charge on any atom is -0.385 e. The number of anilines is 1. The minimum atomic E-state index is -3.42. The first kappa shape index (κ1) is 25.4. The van der Waals surface area contributed by atoms with Crippen molar-refractivity contribution < 1.29 is 22.7 Å². The van der Waals surface area contributed by atoms with Gasteiger partial charge in [-0.2, -0.15) is 0 Å². The SMILES string of the molecule is CS(=O)(=O)c1ccc(N2CCN(CC3(O)CNCCOC3)CC2)c(F)c1.Cl.Cl. The van der Waals surface area contributed by atoms with E-state index >= 15 is 0 Å². The van der Waals surface area contributed by atoms with Crippen LogP contribution in [-0.2, 0) is 14.6 Å². The molecule has 28 heavy (non-hydrogen) atoms. The largest absolute Gasteiger partial charge is 0.385 e. The summed E-state index contributed by atoms with van der Waals surface area (Å²) in [5, 5.41) is 13.9. The van der Waals surface area contributed by atoms with Crippen molar-refractivity contribution in [1.82, 2.24) is 10.2 Å². The summed E-state index contributed by atoms with van der Waals surface area (Å²) in [5.74, 6) is -0.527. The molecule has 0 aliphatic carbocycles. The maximum atomic E-state index is 14.4. The van der Waals surface area contributed by atoms with Gasteiger partial charge in [0.1, 0.15) is 11.4 Å². The summed E-state index contributed by atoms with van der Waals surface area (Å²) in [7, 11) is -3.42. The van der Waals surface area contributed by atoms with Crippen molar-refractivity contribution in [2.75, 3.05) is 70.2 Å². The van der Waals surface area contributed by atoms with Crippen LogP contribution in [0.4, 0.5) is 10.1 Å². The Morgan fingerprint density at radius 2 is 1.93 bits per heavy atom. The second-order valence-electron chi connectivity index (χ2n) is 7.10. The monoisotopic (exact) mass is 459 g/mol. The predicted octanol–water partition coefficient (Wildman–Crippen LogP) is 0.546. The number of halogens is 3. The summed E-state index contributed by atoms with van der Waals surface area (Å²) < 4.78 is 42.9. The second kappa shape index (κ2) is 10.4. The van der Waals surface area contributed by atoms with Crippen LogP contribution >= 0.6 is 24.8 Å². The highest BCUT2D eigenvalue weighted by atomic mass is 35.5. The van der Waals surface area contributed by atoms with Gasteiger partial charge in [0.2, 0.25) is 0 Å². The van der Waals surface area contributed by atoms with Crippen LogP contribution in [0.2, 0.25) is 0 Å². The second-order valence-corrected chi connectivity index (χ2v) is 9.12. The number of aliphatic hydroxyl groups is 1. The van der Waals surface area contributed by atoms with Gasteiger partial charge in [0, 0.05) is 52.1 Å². The number of hydrogen-bond acceptors (Lipinski definition) is 7. The molecule has 2 saturated heterocycles. The molecule has 1 atom stereocenters. The molecular weight excluding hydrogens is 432 g/mol. The van der Waals surface area contributed by atoms with Crippen LogP contribution in [-0.4, -0.2) is 89.3 Å². The van der Waals surface area contributed by atoms with Crippen LogP contribution < -0.4 is 10.2 Å². The maximum absolute atomic E-state index is 14.4. The Kier molecular flexibility index (Phi) is 9.40. The molecule has 0 aromatic heterocycles. The average Bonchev–Trinajstić information content (AvgIpc) is 2.79. The molecule has 162 valence electrons. The molecular formula is C17H28Cl2FN3O4S. The highest BCUT2D eigenvalue weighted by molar-refractivity contribution is 7.90. The third kappa shape index (κ3) is 6.41. The van der Waals surface area contributed by atoms with E-state index in [4.69, 9.17) is 4.74 Å².